The molecule has 0 aliphatic carbocycles. The molecule has 1 atom stereocenters. The number of rotatable bonds is 3. The molecule has 1 fully saturated rings. The fraction of sp³-hybridized carbons (Fsp3) is 0.611. The number of ether oxygens (including phenoxy) is 1. The number of hydrogen-bond acceptors (Lipinski definition) is 4. The standard InChI is InChI=1S/C18H28N2O3/c1-14(16-7-5-15(13-21)6-8-16)19-9-11-20(12-10-19)17(22)23-18(2,3)4/h5-8,14,21H,9-13H2,1-4H3/t14-/m1/s1. The van der Waals surface area contributed by atoms with E-state index < -0.39 is 5.60 Å². The van der Waals surface area contributed by atoms with Crippen LogP contribution >= 0.6 is 0 Å². The maximum Gasteiger partial charge on any atom is 0.410 e. The molecule has 0 aromatic heterocycles. The van der Waals surface area contributed by atoms with Gasteiger partial charge in [0.1, 0.15) is 5.60 Å². The molecule has 1 aliphatic rings. The summed E-state index contributed by atoms with van der Waals surface area (Å²) in [6.07, 6.45) is -0.225. The van der Waals surface area contributed by atoms with Crippen LogP contribution in [-0.4, -0.2) is 52.8 Å². The SMILES string of the molecule is C[C@H](c1ccc(CO)cc1)N1CCN(C(=O)OC(C)(C)C)CC1. The van der Waals surface area contributed by atoms with E-state index in [0.717, 1.165) is 18.7 Å². The molecule has 1 saturated heterocycles. The lowest BCUT2D eigenvalue weighted by Crippen LogP contribution is -2.50. The summed E-state index contributed by atoms with van der Waals surface area (Å²) in [6, 6.07) is 8.35. The number of carbonyl (C=O) groups is 1. The molecule has 128 valence electrons. The van der Waals surface area contributed by atoms with Crippen molar-refractivity contribution in [1.29, 1.82) is 0 Å². The van der Waals surface area contributed by atoms with Gasteiger partial charge in [0.05, 0.1) is 6.61 Å². The van der Waals surface area contributed by atoms with E-state index in [1.54, 1.807) is 4.90 Å². The van der Waals surface area contributed by atoms with Gasteiger partial charge in [0.15, 0.2) is 0 Å². The Kier molecular flexibility index (Phi) is 5.65. The summed E-state index contributed by atoms with van der Waals surface area (Å²) >= 11 is 0. The monoisotopic (exact) mass is 320 g/mol. The first-order chi connectivity index (χ1) is 10.8. The first-order valence-corrected chi connectivity index (χ1v) is 8.22. The van der Waals surface area contributed by atoms with Gasteiger partial charge in [0.25, 0.3) is 0 Å². The van der Waals surface area contributed by atoms with Gasteiger partial charge < -0.3 is 14.7 Å². The lowest BCUT2D eigenvalue weighted by molar-refractivity contribution is 0.0110. The number of carbonyl (C=O) groups excluding carboxylic acids is 1. The number of aliphatic hydroxyl groups excluding tert-OH is 1. The molecule has 0 saturated carbocycles. The molecule has 5 heteroatoms. The number of amides is 1. The fourth-order valence-electron chi connectivity index (χ4n) is 2.73. The van der Waals surface area contributed by atoms with E-state index in [2.05, 4.69) is 24.0 Å². The minimum absolute atomic E-state index is 0.0726. The lowest BCUT2D eigenvalue weighted by atomic mass is 10.0. The molecule has 1 amide bonds. The van der Waals surface area contributed by atoms with Gasteiger partial charge >= 0.3 is 6.09 Å². The molecule has 0 bridgehead atoms. The molecule has 23 heavy (non-hydrogen) atoms. The Hall–Kier alpha value is -1.59. The molecular weight excluding hydrogens is 292 g/mol. The van der Waals surface area contributed by atoms with Gasteiger partial charge in [-0.3, -0.25) is 4.90 Å². The van der Waals surface area contributed by atoms with Gasteiger partial charge in [0.2, 0.25) is 0 Å². The molecule has 0 radical (unpaired) electrons. The van der Waals surface area contributed by atoms with Gasteiger partial charge in [-0.15, -0.1) is 0 Å². The minimum Gasteiger partial charge on any atom is -0.444 e. The minimum atomic E-state index is -0.448. The second-order valence-corrected chi connectivity index (χ2v) is 7.08. The highest BCUT2D eigenvalue weighted by Crippen LogP contribution is 2.22. The Morgan fingerprint density at radius 2 is 1.74 bits per heavy atom. The Balaban J connectivity index is 1.89. The summed E-state index contributed by atoms with van der Waals surface area (Å²) in [6.45, 7) is 11.0. The van der Waals surface area contributed by atoms with Crippen molar-refractivity contribution < 1.29 is 14.6 Å². The Bertz CT molecular complexity index is 514. The van der Waals surface area contributed by atoms with Crippen LogP contribution in [0.25, 0.3) is 0 Å². The third kappa shape index (κ3) is 4.94. The summed E-state index contributed by atoms with van der Waals surface area (Å²) in [5, 5.41) is 9.12. The van der Waals surface area contributed by atoms with Crippen LogP contribution in [0, 0.1) is 0 Å². The molecule has 2 rings (SSSR count). The fourth-order valence-corrected chi connectivity index (χ4v) is 2.73. The number of piperazine rings is 1. The summed E-state index contributed by atoms with van der Waals surface area (Å²) < 4.78 is 5.43. The third-order valence-corrected chi connectivity index (χ3v) is 4.16. The summed E-state index contributed by atoms with van der Waals surface area (Å²) in [7, 11) is 0. The molecule has 1 heterocycles. The number of aliphatic hydroxyl groups is 1. The number of hydrogen-bond donors (Lipinski definition) is 1. The van der Waals surface area contributed by atoms with E-state index in [4.69, 9.17) is 9.84 Å². The van der Waals surface area contributed by atoms with Crippen molar-refractivity contribution in [2.45, 2.75) is 45.9 Å². The van der Waals surface area contributed by atoms with Crippen molar-refractivity contribution in [2.75, 3.05) is 26.2 Å². The Labute approximate surface area is 138 Å². The van der Waals surface area contributed by atoms with Crippen LogP contribution in [0.4, 0.5) is 4.79 Å². The topological polar surface area (TPSA) is 53.0 Å². The smallest absolute Gasteiger partial charge is 0.410 e. The van der Waals surface area contributed by atoms with Crippen LogP contribution < -0.4 is 0 Å². The van der Waals surface area contributed by atoms with E-state index >= 15 is 0 Å². The van der Waals surface area contributed by atoms with Gasteiger partial charge in [-0.25, -0.2) is 4.79 Å². The second-order valence-electron chi connectivity index (χ2n) is 7.08. The zero-order chi connectivity index (χ0) is 17.0. The highest BCUT2D eigenvalue weighted by molar-refractivity contribution is 5.68. The molecule has 0 unspecified atom stereocenters. The predicted octanol–water partition coefficient (Wildman–Crippen LogP) is 2.79. The van der Waals surface area contributed by atoms with Crippen molar-refractivity contribution in [3.05, 3.63) is 35.4 Å². The van der Waals surface area contributed by atoms with Crippen LogP contribution in [0.5, 0.6) is 0 Å². The van der Waals surface area contributed by atoms with Crippen LogP contribution in [0.3, 0.4) is 0 Å². The average molecular weight is 320 g/mol. The summed E-state index contributed by atoms with van der Waals surface area (Å²) in [5.74, 6) is 0. The average Bonchev–Trinajstić information content (AvgIpc) is 2.53. The van der Waals surface area contributed by atoms with Crippen LogP contribution in [0.2, 0.25) is 0 Å². The predicted molar refractivity (Wildman–Crippen MR) is 90.2 cm³/mol. The van der Waals surface area contributed by atoms with Crippen molar-refractivity contribution >= 4 is 6.09 Å². The molecule has 5 nitrogen and oxygen atoms in total. The number of nitrogens with zero attached hydrogens (tertiary/aromatic N) is 2. The molecular formula is C18H28N2O3. The Morgan fingerprint density at radius 1 is 1.17 bits per heavy atom. The van der Waals surface area contributed by atoms with Crippen LogP contribution in [0.15, 0.2) is 24.3 Å². The van der Waals surface area contributed by atoms with Crippen molar-refractivity contribution in [3.63, 3.8) is 0 Å². The van der Waals surface area contributed by atoms with E-state index in [0.29, 0.717) is 19.1 Å². The zero-order valence-corrected chi connectivity index (χ0v) is 14.6. The highest BCUT2D eigenvalue weighted by atomic mass is 16.6. The molecule has 0 spiro atoms. The molecule has 1 aliphatic heterocycles. The van der Waals surface area contributed by atoms with E-state index in [9.17, 15) is 4.79 Å². The van der Waals surface area contributed by atoms with Gasteiger partial charge in [-0.1, -0.05) is 24.3 Å². The highest BCUT2D eigenvalue weighted by Gasteiger charge is 2.27. The molecule has 1 aromatic rings. The maximum atomic E-state index is 12.1. The quantitative estimate of drug-likeness (QED) is 0.930. The van der Waals surface area contributed by atoms with Crippen molar-refractivity contribution in [1.82, 2.24) is 9.80 Å². The normalized spacial score (nSPS) is 17.9. The first kappa shape index (κ1) is 17.8. The van der Waals surface area contributed by atoms with Crippen molar-refractivity contribution in [2.24, 2.45) is 0 Å². The summed E-state index contributed by atoms with van der Waals surface area (Å²) in [5.41, 5.74) is 1.71. The summed E-state index contributed by atoms with van der Waals surface area (Å²) in [4.78, 5) is 16.2. The first-order valence-electron chi connectivity index (χ1n) is 8.22. The van der Waals surface area contributed by atoms with Gasteiger partial charge in [-0.2, -0.15) is 0 Å². The molecule has 1 N–H and O–H groups in total. The van der Waals surface area contributed by atoms with Crippen LogP contribution in [0.1, 0.15) is 44.9 Å². The second kappa shape index (κ2) is 7.32. The molecule has 1 aromatic carbocycles. The van der Waals surface area contributed by atoms with Crippen molar-refractivity contribution in [3.8, 4) is 0 Å². The number of benzene rings is 1. The van der Waals surface area contributed by atoms with Gasteiger partial charge in [-0.05, 0) is 38.8 Å². The van der Waals surface area contributed by atoms with Crippen LogP contribution in [-0.2, 0) is 11.3 Å². The maximum absolute atomic E-state index is 12.1. The van der Waals surface area contributed by atoms with E-state index in [1.807, 2.05) is 32.9 Å². The van der Waals surface area contributed by atoms with E-state index in [-0.39, 0.29) is 12.7 Å². The van der Waals surface area contributed by atoms with Gasteiger partial charge in [0, 0.05) is 32.2 Å². The zero-order valence-electron chi connectivity index (χ0n) is 14.6. The third-order valence-electron chi connectivity index (χ3n) is 4.16. The Morgan fingerprint density at radius 3 is 2.22 bits per heavy atom. The van der Waals surface area contributed by atoms with E-state index in [1.165, 1.54) is 5.56 Å². The largest absolute Gasteiger partial charge is 0.444 e. The lowest BCUT2D eigenvalue weighted by Gasteiger charge is -2.38.